The second-order valence-corrected chi connectivity index (χ2v) is 7.26. The lowest BCUT2D eigenvalue weighted by molar-refractivity contribution is 0.414. The van der Waals surface area contributed by atoms with Crippen molar-refractivity contribution in [3.05, 3.63) is 30.1 Å². The molecule has 1 aliphatic rings. The van der Waals surface area contributed by atoms with Crippen LogP contribution in [0.5, 0.6) is 0 Å². The molecule has 0 heterocycles. The fraction of sp³-hybridized carbons (Fsp3) is 0.571. The molecule has 106 valence electrons. The Balaban J connectivity index is 2.02. The number of sulfone groups is 1. The highest BCUT2D eigenvalue weighted by molar-refractivity contribution is 7.91. The predicted molar refractivity (Wildman–Crippen MR) is 73.3 cm³/mol. The van der Waals surface area contributed by atoms with Crippen LogP contribution in [0, 0.1) is 11.7 Å². The van der Waals surface area contributed by atoms with Gasteiger partial charge in [-0.1, -0.05) is 12.5 Å². The first kappa shape index (κ1) is 14.5. The smallest absolute Gasteiger partial charge is 0.178 e. The van der Waals surface area contributed by atoms with Gasteiger partial charge in [-0.15, -0.1) is 0 Å². The first-order chi connectivity index (χ1) is 9.03. The summed E-state index contributed by atoms with van der Waals surface area (Å²) in [6, 6.07) is 5.67. The van der Waals surface area contributed by atoms with Crippen LogP contribution in [0.3, 0.4) is 0 Å². The van der Waals surface area contributed by atoms with Gasteiger partial charge >= 0.3 is 0 Å². The van der Waals surface area contributed by atoms with Gasteiger partial charge in [-0.3, -0.25) is 0 Å². The van der Waals surface area contributed by atoms with Gasteiger partial charge in [-0.2, -0.15) is 0 Å². The van der Waals surface area contributed by atoms with Gasteiger partial charge in [0.1, 0.15) is 5.82 Å². The first-order valence-corrected chi connectivity index (χ1v) is 8.34. The first-order valence-electron chi connectivity index (χ1n) is 6.68. The second kappa shape index (κ2) is 6.01. The fourth-order valence-electron chi connectivity index (χ4n) is 2.85. The molecule has 1 aromatic carbocycles. The van der Waals surface area contributed by atoms with Crippen LogP contribution < -0.4 is 5.32 Å². The topological polar surface area (TPSA) is 46.2 Å². The highest BCUT2D eigenvalue weighted by atomic mass is 32.2. The summed E-state index contributed by atoms with van der Waals surface area (Å²) in [4.78, 5) is 0.0894. The van der Waals surface area contributed by atoms with Crippen molar-refractivity contribution in [2.45, 2.75) is 36.6 Å². The van der Waals surface area contributed by atoms with Crippen molar-refractivity contribution in [3.8, 4) is 0 Å². The molecule has 0 amide bonds. The lowest BCUT2D eigenvalue weighted by atomic mass is 10.0. The van der Waals surface area contributed by atoms with Crippen LogP contribution in [-0.4, -0.2) is 27.3 Å². The Labute approximate surface area is 114 Å². The molecule has 1 fully saturated rings. The summed E-state index contributed by atoms with van der Waals surface area (Å²) in [7, 11) is -1.45. The maximum Gasteiger partial charge on any atom is 0.178 e. The minimum Gasteiger partial charge on any atom is -0.317 e. The zero-order chi connectivity index (χ0) is 13.9. The molecule has 0 aliphatic heterocycles. The molecule has 5 heteroatoms. The molecule has 1 saturated carbocycles. The average molecular weight is 285 g/mol. The summed E-state index contributed by atoms with van der Waals surface area (Å²) in [5, 5.41) is 3.24. The zero-order valence-electron chi connectivity index (χ0n) is 11.1. The zero-order valence-corrected chi connectivity index (χ0v) is 11.9. The largest absolute Gasteiger partial charge is 0.317 e. The van der Waals surface area contributed by atoms with Crippen molar-refractivity contribution in [2.24, 2.45) is 5.92 Å². The third-order valence-corrected chi connectivity index (χ3v) is 5.69. The minimum absolute atomic E-state index is 0.0894. The molecule has 3 nitrogen and oxygen atoms in total. The molecule has 0 bridgehead atoms. The molecule has 0 aromatic heterocycles. The monoisotopic (exact) mass is 285 g/mol. The molecular weight excluding hydrogens is 265 g/mol. The van der Waals surface area contributed by atoms with Crippen LogP contribution in [-0.2, 0) is 9.84 Å². The summed E-state index contributed by atoms with van der Waals surface area (Å²) in [5.41, 5.74) is 0. The van der Waals surface area contributed by atoms with Gasteiger partial charge in [-0.05, 0) is 50.4 Å². The molecule has 2 atom stereocenters. The van der Waals surface area contributed by atoms with Crippen molar-refractivity contribution >= 4 is 9.84 Å². The molecule has 2 unspecified atom stereocenters. The van der Waals surface area contributed by atoms with Crippen LogP contribution in [0.4, 0.5) is 4.39 Å². The van der Waals surface area contributed by atoms with Gasteiger partial charge in [0.15, 0.2) is 9.84 Å². The van der Waals surface area contributed by atoms with Crippen LogP contribution in [0.2, 0.25) is 0 Å². The van der Waals surface area contributed by atoms with Crippen LogP contribution in [0.25, 0.3) is 0 Å². The summed E-state index contributed by atoms with van der Waals surface area (Å²) < 4.78 is 37.4. The number of nitrogens with one attached hydrogen (secondary N) is 1. The third kappa shape index (κ3) is 3.54. The van der Waals surface area contributed by atoms with Crippen LogP contribution in [0.15, 0.2) is 29.2 Å². The molecule has 0 spiro atoms. The number of hydrogen-bond acceptors (Lipinski definition) is 3. The number of benzene rings is 1. The van der Waals surface area contributed by atoms with E-state index in [-0.39, 0.29) is 10.6 Å². The number of hydrogen-bond donors (Lipinski definition) is 1. The summed E-state index contributed by atoms with van der Waals surface area (Å²) in [6.45, 7) is 0. The predicted octanol–water partition coefficient (Wildman–Crippen LogP) is 2.38. The lowest BCUT2D eigenvalue weighted by Crippen LogP contribution is -2.30. The van der Waals surface area contributed by atoms with Crippen molar-refractivity contribution < 1.29 is 12.8 Å². The Hall–Kier alpha value is -0.940. The number of halogens is 1. The van der Waals surface area contributed by atoms with E-state index < -0.39 is 15.7 Å². The standard InChI is InChI=1S/C14H20FNO2S/c1-16-14-7-2-4-11(14)8-9-19(17,18)13-6-3-5-12(15)10-13/h3,5-6,10-11,14,16H,2,4,7-9H2,1H3. The normalized spacial score (nSPS) is 23.7. The van der Waals surface area contributed by atoms with Gasteiger partial charge < -0.3 is 5.32 Å². The SMILES string of the molecule is CNC1CCCC1CCS(=O)(=O)c1cccc(F)c1. The van der Waals surface area contributed by atoms with Crippen LogP contribution >= 0.6 is 0 Å². The Bertz CT molecular complexity index is 530. The van der Waals surface area contributed by atoms with E-state index in [9.17, 15) is 12.8 Å². The van der Waals surface area contributed by atoms with E-state index in [1.165, 1.54) is 18.2 Å². The van der Waals surface area contributed by atoms with Gasteiger partial charge in [0.25, 0.3) is 0 Å². The second-order valence-electron chi connectivity index (χ2n) is 5.15. The van der Waals surface area contributed by atoms with Crippen molar-refractivity contribution in [1.29, 1.82) is 0 Å². The fourth-order valence-corrected chi connectivity index (χ4v) is 4.27. The molecule has 1 aromatic rings. The Morgan fingerprint density at radius 2 is 2.16 bits per heavy atom. The minimum atomic E-state index is -3.37. The van der Waals surface area contributed by atoms with E-state index >= 15 is 0 Å². The lowest BCUT2D eigenvalue weighted by Gasteiger charge is -2.18. The molecule has 2 rings (SSSR count). The summed E-state index contributed by atoms with van der Waals surface area (Å²) in [6.07, 6.45) is 3.98. The molecule has 0 saturated heterocycles. The molecule has 19 heavy (non-hydrogen) atoms. The van der Waals surface area contributed by atoms with Crippen molar-refractivity contribution in [3.63, 3.8) is 0 Å². The highest BCUT2D eigenvalue weighted by Gasteiger charge is 2.27. The average Bonchev–Trinajstić information content (AvgIpc) is 2.84. The van der Waals surface area contributed by atoms with Gasteiger partial charge in [0.2, 0.25) is 0 Å². The molecular formula is C14H20FNO2S. The highest BCUT2D eigenvalue weighted by Crippen LogP contribution is 2.29. The third-order valence-electron chi connectivity index (χ3n) is 3.94. The van der Waals surface area contributed by atoms with Crippen molar-refractivity contribution in [2.75, 3.05) is 12.8 Å². The summed E-state index contributed by atoms with van der Waals surface area (Å²) >= 11 is 0. The van der Waals surface area contributed by atoms with E-state index in [0.29, 0.717) is 18.4 Å². The van der Waals surface area contributed by atoms with Crippen LogP contribution in [0.1, 0.15) is 25.7 Å². The molecule has 0 radical (unpaired) electrons. The van der Waals surface area contributed by atoms with E-state index in [2.05, 4.69) is 5.32 Å². The molecule has 1 aliphatic carbocycles. The summed E-state index contributed by atoms with van der Waals surface area (Å²) in [5.74, 6) is 0.00243. The van der Waals surface area contributed by atoms with E-state index in [1.54, 1.807) is 0 Å². The van der Waals surface area contributed by atoms with Gasteiger partial charge in [0.05, 0.1) is 10.6 Å². The Morgan fingerprint density at radius 3 is 2.84 bits per heavy atom. The van der Waals surface area contributed by atoms with Gasteiger partial charge in [0, 0.05) is 6.04 Å². The maximum atomic E-state index is 13.1. The Kier molecular flexibility index (Phi) is 4.58. The van der Waals surface area contributed by atoms with Crippen molar-refractivity contribution in [1.82, 2.24) is 5.32 Å². The van der Waals surface area contributed by atoms with E-state index in [1.807, 2.05) is 7.05 Å². The quantitative estimate of drug-likeness (QED) is 0.903. The van der Waals surface area contributed by atoms with Gasteiger partial charge in [-0.25, -0.2) is 12.8 Å². The maximum absolute atomic E-state index is 13.1. The Morgan fingerprint density at radius 1 is 1.37 bits per heavy atom. The van der Waals surface area contributed by atoms with E-state index in [0.717, 1.165) is 25.3 Å². The van der Waals surface area contributed by atoms with E-state index in [4.69, 9.17) is 0 Å². The molecule has 1 N–H and O–H groups in total. The number of rotatable bonds is 5.